The van der Waals surface area contributed by atoms with Gasteiger partial charge in [-0.1, -0.05) is 19.3 Å². The zero-order valence-corrected chi connectivity index (χ0v) is 9.30. The van der Waals surface area contributed by atoms with E-state index < -0.39 is 0 Å². The second-order valence-corrected chi connectivity index (χ2v) is 4.82. The van der Waals surface area contributed by atoms with E-state index in [2.05, 4.69) is 12.4 Å². The van der Waals surface area contributed by atoms with E-state index in [0.29, 0.717) is 12.1 Å². The molecule has 2 unspecified atom stereocenters. The van der Waals surface area contributed by atoms with Crippen molar-refractivity contribution in [1.82, 2.24) is 5.32 Å². The Morgan fingerprint density at radius 3 is 2.57 bits per heavy atom. The smallest absolute Gasteiger partial charge is 0.0727 e. The summed E-state index contributed by atoms with van der Waals surface area (Å²) in [6, 6.07) is 0.622. The van der Waals surface area contributed by atoms with Gasteiger partial charge in [-0.25, -0.2) is 0 Å². The monoisotopic (exact) mass is 197 g/mol. The summed E-state index contributed by atoms with van der Waals surface area (Å²) in [5, 5.41) is 3.36. The summed E-state index contributed by atoms with van der Waals surface area (Å²) in [7, 11) is 2.05. The second-order valence-electron chi connectivity index (χ2n) is 4.82. The number of nitrogens with one attached hydrogen (secondary N) is 1. The van der Waals surface area contributed by atoms with Gasteiger partial charge in [0, 0.05) is 12.6 Å². The molecular formula is C12H23NO. The summed E-state index contributed by atoms with van der Waals surface area (Å²) in [5.41, 5.74) is 0. The van der Waals surface area contributed by atoms with Crippen molar-refractivity contribution >= 4 is 0 Å². The molecule has 0 spiro atoms. The number of rotatable bonds is 5. The molecule has 0 heterocycles. The second kappa shape index (κ2) is 5.13. The van der Waals surface area contributed by atoms with Crippen molar-refractivity contribution in [3.63, 3.8) is 0 Å². The van der Waals surface area contributed by atoms with Gasteiger partial charge in [0.2, 0.25) is 0 Å². The largest absolute Gasteiger partial charge is 0.377 e. The minimum atomic E-state index is 0.500. The molecule has 2 atom stereocenters. The summed E-state index contributed by atoms with van der Waals surface area (Å²) in [6.07, 6.45) is 10.0. The van der Waals surface area contributed by atoms with E-state index in [0.717, 1.165) is 12.5 Å². The molecule has 2 rings (SSSR count). The van der Waals surface area contributed by atoms with Gasteiger partial charge in [-0.2, -0.15) is 0 Å². The molecule has 2 aliphatic carbocycles. The Morgan fingerprint density at radius 2 is 1.93 bits per heavy atom. The standard InChI is InChI=1S/C12H23NO/c1-13-11-6-3-7-12(11)14-9-8-10-4-2-5-10/h10-13H,2-9H2,1H3. The molecule has 0 radical (unpaired) electrons. The molecule has 82 valence electrons. The highest BCUT2D eigenvalue weighted by Gasteiger charge is 2.26. The molecule has 0 bridgehead atoms. The lowest BCUT2D eigenvalue weighted by Crippen LogP contribution is -2.35. The molecule has 2 aliphatic rings. The molecular weight excluding hydrogens is 174 g/mol. The molecule has 2 heteroatoms. The summed E-state index contributed by atoms with van der Waals surface area (Å²) < 4.78 is 5.95. The van der Waals surface area contributed by atoms with Crippen LogP contribution in [0.1, 0.15) is 44.9 Å². The Labute approximate surface area is 87.4 Å². The van der Waals surface area contributed by atoms with E-state index in [1.807, 2.05) is 0 Å². The quantitative estimate of drug-likeness (QED) is 0.730. The maximum atomic E-state index is 5.95. The lowest BCUT2D eigenvalue weighted by molar-refractivity contribution is 0.0279. The molecule has 1 N–H and O–H groups in total. The molecule has 14 heavy (non-hydrogen) atoms. The zero-order valence-electron chi connectivity index (χ0n) is 9.30. The Morgan fingerprint density at radius 1 is 1.14 bits per heavy atom. The van der Waals surface area contributed by atoms with Crippen LogP contribution >= 0.6 is 0 Å². The van der Waals surface area contributed by atoms with Crippen molar-refractivity contribution in [2.24, 2.45) is 5.92 Å². The number of hydrogen-bond donors (Lipinski definition) is 1. The van der Waals surface area contributed by atoms with Crippen LogP contribution in [0.5, 0.6) is 0 Å². The normalized spacial score (nSPS) is 33.2. The van der Waals surface area contributed by atoms with Gasteiger partial charge < -0.3 is 10.1 Å². The van der Waals surface area contributed by atoms with Gasteiger partial charge in [0.05, 0.1) is 6.10 Å². The summed E-state index contributed by atoms with van der Waals surface area (Å²) in [4.78, 5) is 0. The molecule has 0 aromatic carbocycles. The minimum absolute atomic E-state index is 0.500. The molecule has 0 aliphatic heterocycles. The first-order chi connectivity index (χ1) is 6.90. The summed E-state index contributed by atoms with van der Waals surface area (Å²) >= 11 is 0. The van der Waals surface area contributed by atoms with Crippen LogP contribution in [-0.4, -0.2) is 25.8 Å². The molecule has 2 saturated carbocycles. The predicted molar refractivity (Wildman–Crippen MR) is 58.4 cm³/mol. The van der Waals surface area contributed by atoms with Crippen molar-refractivity contribution in [3.05, 3.63) is 0 Å². The van der Waals surface area contributed by atoms with Crippen LogP contribution < -0.4 is 5.32 Å². The van der Waals surface area contributed by atoms with Crippen molar-refractivity contribution < 1.29 is 4.74 Å². The van der Waals surface area contributed by atoms with Gasteiger partial charge in [-0.15, -0.1) is 0 Å². The van der Waals surface area contributed by atoms with Gasteiger partial charge in [0.15, 0.2) is 0 Å². The summed E-state index contributed by atoms with van der Waals surface area (Å²) in [6.45, 7) is 0.994. The SMILES string of the molecule is CNC1CCCC1OCCC1CCC1. The average molecular weight is 197 g/mol. The highest BCUT2D eigenvalue weighted by molar-refractivity contribution is 4.83. The highest BCUT2D eigenvalue weighted by Crippen LogP contribution is 2.30. The highest BCUT2D eigenvalue weighted by atomic mass is 16.5. The molecule has 0 aromatic rings. The van der Waals surface area contributed by atoms with Crippen LogP contribution in [0.4, 0.5) is 0 Å². The third-order valence-corrected chi connectivity index (χ3v) is 3.91. The maximum Gasteiger partial charge on any atom is 0.0727 e. The lowest BCUT2D eigenvalue weighted by atomic mass is 9.83. The third kappa shape index (κ3) is 2.48. The third-order valence-electron chi connectivity index (χ3n) is 3.91. The van der Waals surface area contributed by atoms with E-state index in [4.69, 9.17) is 4.74 Å². The van der Waals surface area contributed by atoms with E-state index in [-0.39, 0.29) is 0 Å². The van der Waals surface area contributed by atoms with Crippen molar-refractivity contribution in [1.29, 1.82) is 0 Å². The van der Waals surface area contributed by atoms with Crippen LogP contribution in [0.2, 0.25) is 0 Å². The predicted octanol–water partition coefficient (Wildman–Crippen LogP) is 2.33. The topological polar surface area (TPSA) is 21.3 Å². The fourth-order valence-corrected chi connectivity index (χ4v) is 2.62. The molecule has 0 saturated heterocycles. The first-order valence-corrected chi connectivity index (χ1v) is 6.19. The number of likely N-dealkylation sites (N-methyl/N-ethyl adjacent to an activating group) is 1. The molecule has 2 fully saturated rings. The van der Waals surface area contributed by atoms with E-state index in [9.17, 15) is 0 Å². The van der Waals surface area contributed by atoms with Gasteiger partial charge >= 0.3 is 0 Å². The number of ether oxygens (including phenoxy) is 1. The van der Waals surface area contributed by atoms with E-state index in [1.165, 1.54) is 44.9 Å². The molecule has 0 amide bonds. The van der Waals surface area contributed by atoms with Crippen LogP contribution in [0.15, 0.2) is 0 Å². The van der Waals surface area contributed by atoms with Crippen LogP contribution in [-0.2, 0) is 4.74 Å². The van der Waals surface area contributed by atoms with E-state index in [1.54, 1.807) is 0 Å². The van der Waals surface area contributed by atoms with Crippen LogP contribution in [0.25, 0.3) is 0 Å². The van der Waals surface area contributed by atoms with Gasteiger partial charge in [0.25, 0.3) is 0 Å². The van der Waals surface area contributed by atoms with E-state index >= 15 is 0 Å². The van der Waals surface area contributed by atoms with Gasteiger partial charge in [0.1, 0.15) is 0 Å². The molecule has 0 aromatic heterocycles. The van der Waals surface area contributed by atoms with Crippen molar-refractivity contribution in [3.8, 4) is 0 Å². The van der Waals surface area contributed by atoms with Crippen molar-refractivity contribution in [2.45, 2.75) is 57.1 Å². The van der Waals surface area contributed by atoms with Crippen molar-refractivity contribution in [2.75, 3.05) is 13.7 Å². The minimum Gasteiger partial charge on any atom is -0.377 e. The lowest BCUT2D eigenvalue weighted by Gasteiger charge is -2.26. The first-order valence-electron chi connectivity index (χ1n) is 6.19. The Balaban J connectivity index is 1.59. The van der Waals surface area contributed by atoms with Gasteiger partial charge in [-0.3, -0.25) is 0 Å². The average Bonchev–Trinajstić information content (AvgIpc) is 2.56. The fourth-order valence-electron chi connectivity index (χ4n) is 2.62. The zero-order chi connectivity index (χ0) is 9.80. The fraction of sp³-hybridized carbons (Fsp3) is 1.00. The summed E-state index contributed by atoms with van der Waals surface area (Å²) in [5.74, 6) is 0.990. The number of hydrogen-bond acceptors (Lipinski definition) is 2. The maximum absolute atomic E-state index is 5.95. The van der Waals surface area contributed by atoms with Crippen LogP contribution in [0, 0.1) is 5.92 Å². The Bertz CT molecular complexity index is 168. The Hall–Kier alpha value is -0.0800. The Kier molecular flexibility index (Phi) is 3.82. The first kappa shape index (κ1) is 10.4. The van der Waals surface area contributed by atoms with Gasteiger partial charge in [-0.05, 0) is 38.6 Å². The van der Waals surface area contributed by atoms with Crippen LogP contribution in [0.3, 0.4) is 0 Å². The molecule has 2 nitrogen and oxygen atoms in total.